The van der Waals surface area contributed by atoms with Crippen molar-refractivity contribution in [3.63, 3.8) is 0 Å². The Hall–Kier alpha value is -2.10. The molecule has 26 heavy (non-hydrogen) atoms. The molecule has 140 valence electrons. The number of hydrogen-bond acceptors (Lipinski definition) is 5. The van der Waals surface area contributed by atoms with E-state index in [-0.39, 0.29) is 17.6 Å². The number of ether oxygens (including phenoxy) is 1. The van der Waals surface area contributed by atoms with Crippen LogP contribution in [0.3, 0.4) is 0 Å². The Morgan fingerprint density at radius 2 is 1.96 bits per heavy atom. The number of amides is 1. The van der Waals surface area contributed by atoms with Crippen molar-refractivity contribution in [2.45, 2.75) is 12.5 Å². The molecule has 2 heterocycles. The zero-order valence-corrected chi connectivity index (χ0v) is 14.4. The van der Waals surface area contributed by atoms with Gasteiger partial charge in [0.05, 0.1) is 11.0 Å². The van der Waals surface area contributed by atoms with Crippen LogP contribution in [-0.2, 0) is 0 Å². The van der Waals surface area contributed by atoms with E-state index in [9.17, 15) is 23.1 Å². The summed E-state index contributed by atoms with van der Waals surface area (Å²) in [6.07, 6.45) is -5.19. The van der Waals surface area contributed by atoms with Crippen molar-refractivity contribution in [2.24, 2.45) is 5.92 Å². The van der Waals surface area contributed by atoms with E-state index in [0.29, 0.717) is 30.1 Å². The number of rotatable bonds is 5. The summed E-state index contributed by atoms with van der Waals surface area (Å²) in [5.74, 6) is -0.545. The van der Waals surface area contributed by atoms with E-state index < -0.39 is 12.5 Å². The molecule has 2 unspecified atom stereocenters. The number of benzene rings is 1. The SMILES string of the molecule is O=C(NCC1CNCC1O)c1ccc(-c2ccc(OC(F)(F)F)cc2)s1. The Balaban J connectivity index is 1.61. The van der Waals surface area contributed by atoms with E-state index in [1.54, 1.807) is 12.1 Å². The molecule has 0 aliphatic carbocycles. The first kappa shape index (κ1) is 18.7. The molecule has 1 aliphatic rings. The molecular weight excluding hydrogens is 369 g/mol. The number of alkyl halides is 3. The van der Waals surface area contributed by atoms with Crippen LogP contribution in [0.4, 0.5) is 13.2 Å². The van der Waals surface area contributed by atoms with E-state index in [1.165, 1.54) is 35.6 Å². The van der Waals surface area contributed by atoms with Crippen LogP contribution < -0.4 is 15.4 Å². The normalized spacial score (nSPS) is 20.2. The van der Waals surface area contributed by atoms with Gasteiger partial charge in [0.15, 0.2) is 0 Å². The molecule has 1 aliphatic heterocycles. The van der Waals surface area contributed by atoms with E-state index in [2.05, 4.69) is 15.4 Å². The van der Waals surface area contributed by atoms with Crippen molar-refractivity contribution in [1.29, 1.82) is 0 Å². The molecule has 0 spiro atoms. The molecule has 2 aromatic rings. The molecule has 1 saturated heterocycles. The zero-order valence-electron chi connectivity index (χ0n) is 13.5. The number of carbonyl (C=O) groups excluding carboxylic acids is 1. The summed E-state index contributed by atoms with van der Waals surface area (Å²) in [7, 11) is 0. The first-order valence-corrected chi connectivity index (χ1v) is 8.76. The van der Waals surface area contributed by atoms with Crippen LogP contribution in [0.5, 0.6) is 5.75 Å². The minimum Gasteiger partial charge on any atom is -0.406 e. The fraction of sp³-hybridized carbons (Fsp3) is 0.353. The molecule has 0 saturated carbocycles. The van der Waals surface area contributed by atoms with Gasteiger partial charge in [-0.25, -0.2) is 0 Å². The largest absolute Gasteiger partial charge is 0.573 e. The van der Waals surface area contributed by atoms with E-state index in [0.717, 1.165) is 4.88 Å². The van der Waals surface area contributed by atoms with Gasteiger partial charge in [0.1, 0.15) is 5.75 Å². The van der Waals surface area contributed by atoms with Crippen LogP contribution in [0.25, 0.3) is 10.4 Å². The fourth-order valence-corrected chi connectivity index (χ4v) is 3.60. The van der Waals surface area contributed by atoms with Gasteiger partial charge in [0, 0.05) is 30.4 Å². The van der Waals surface area contributed by atoms with Crippen LogP contribution in [0.2, 0.25) is 0 Å². The lowest BCUT2D eigenvalue weighted by Crippen LogP contribution is -2.33. The monoisotopic (exact) mass is 386 g/mol. The molecule has 3 N–H and O–H groups in total. The second kappa shape index (κ2) is 7.65. The highest BCUT2D eigenvalue weighted by atomic mass is 32.1. The van der Waals surface area contributed by atoms with Gasteiger partial charge < -0.3 is 20.5 Å². The average Bonchev–Trinajstić information content (AvgIpc) is 3.21. The van der Waals surface area contributed by atoms with Crippen molar-refractivity contribution in [2.75, 3.05) is 19.6 Å². The average molecular weight is 386 g/mol. The number of β-amino-alcohol motifs (C(OH)–C–C–N with tert-alkyl or cyclic N) is 1. The summed E-state index contributed by atoms with van der Waals surface area (Å²) in [5, 5.41) is 15.6. The number of aliphatic hydroxyl groups is 1. The topological polar surface area (TPSA) is 70.6 Å². The Labute approximate surface area is 151 Å². The molecule has 3 rings (SSSR count). The number of aliphatic hydroxyl groups excluding tert-OH is 1. The van der Waals surface area contributed by atoms with Crippen LogP contribution >= 0.6 is 11.3 Å². The van der Waals surface area contributed by atoms with Crippen LogP contribution in [0.1, 0.15) is 9.67 Å². The van der Waals surface area contributed by atoms with Crippen LogP contribution in [0, 0.1) is 5.92 Å². The van der Waals surface area contributed by atoms with E-state index >= 15 is 0 Å². The van der Waals surface area contributed by atoms with Gasteiger partial charge in [0.25, 0.3) is 5.91 Å². The maximum atomic E-state index is 12.2. The highest BCUT2D eigenvalue weighted by Gasteiger charge is 2.31. The Morgan fingerprint density at radius 3 is 2.58 bits per heavy atom. The summed E-state index contributed by atoms with van der Waals surface area (Å²) >= 11 is 1.24. The molecule has 1 aromatic carbocycles. The zero-order chi connectivity index (χ0) is 18.7. The van der Waals surface area contributed by atoms with Crippen LogP contribution in [0.15, 0.2) is 36.4 Å². The number of thiophene rings is 1. The van der Waals surface area contributed by atoms with Gasteiger partial charge in [0.2, 0.25) is 0 Å². The van der Waals surface area contributed by atoms with Gasteiger partial charge >= 0.3 is 6.36 Å². The van der Waals surface area contributed by atoms with Crippen molar-refractivity contribution in [3.05, 3.63) is 41.3 Å². The molecule has 2 atom stereocenters. The van der Waals surface area contributed by atoms with Crippen molar-refractivity contribution in [1.82, 2.24) is 10.6 Å². The van der Waals surface area contributed by atoms with Crippen molar-refractivity contribution in [3.8, 4) is 16.2 Å². The lowest BCUT2D eigenvalue weighted by molar-refractivity contribution is -0.274. The summed E-state index contributed by atoms with van der Waals surface area (Å²) in [4.78, 5) is 13.5. The van der Waals surface area contributed by atoms with Gasteiger partial charge in [-0.2, -0.15) is 0 Å². The molecule has 0 bridgehead atoms. The summed E-state index contributed by atoms with van der Waals surface area (Å²) in [6.45, 7) is 1.56. The molecule has 1 amide bonds. The molecule has 1 aromatic heterocycles. The lowest BCUT2D eigenvalue weighted by Gasteiger charge is -2.13. The maximum absolute atomic E-state index is 12.2. The fourth-order valence-electron chi connectivity index (χ4n) is 2.67. The minimum atomic E-state index is -4.72. The summed E-state index contributed by atoms with van der Waals surface area (Å²) in [5.41, 5.74) is 0.694. The third kappa shape index (κ3) is 4.75. The van der Waals surface area contributed by atoms with E-state index in [1.807, 2.05) is 0 Å². The number of nitrogens with one attached hydrogen (secondary N) is 2. The first-order chi connectivity index (χ1) is 12.3. The number of carbonyl (C=O) groups is 1. The standard InChI is InChI=1S/C17H17F3N2O3S/c18-17(19,20)25-12-3-1-10(2-4-12)14-5-6-15(26-14)16(24)22-8-11-7-21-9-13(11)23/h1-6,11,13,21,23H,7-9H2,(H,22,24). The molecule has 9 heteroatoms. The quantitative estimate of drug-likeness (QED) is 0.739. The molecule has 0 radical (unpaired) electrons. The van der Waals surface area contributed by atoms with Crippen molar-refractivity contribution >= 4 is 17.2 Å². The second-order valence-electron chi connectivity index (χ2n) is 5.93. The highest BCUT2D eigenvalue weighted by molar-refractivity contribution is 7.17. The smallest absolute Gasteiger partial charge is 0.406 e. The molecule has 1 fully saturated rings. The second-order valence-corrected chi connectivity index (χ2v) is 7.02. The third-order valence-electron chi connectivity index (χ3n) is 4.03. The molecule has 5 nitrogen and oxygen atoms in total. The minimum absolute atomic E-state index is 0.0143. The number of hydrogen-bond donors (Lipinski definition) is 3. The maximum Gasteiger partial charge on any atom is 0.573 e. The van der Waals surface area contributed by atoms with E-state index in [4.69, 9.17) is 0 Å². The van der Waals surface area contributed by atoms with Gasteiger partial charge in [-0.15, -0.1) is 24.5 Å². The highest BCUT2D eigenvalue weighted by Crippen LogP contribution is 2.31. The van der Waals surface area contributed by atoms with Crippen LogP contribution in [-0.4, -0.2) is 43.1 Å². The Kier molecular flexibility index (Phi) is 5.49. The Bertz CT molecular complexity index is 761. The van der Waals surface area contributed by atoms with Gasteiger partial charge in [-0.3, -0.25) is 4.79 Å². The van der Waals surface area contributed by atoms with Crippen molar-refractivity contribution < 1.29 is 27.8 Å². The predicted octanol–water partition coefficient (Wildman–Crippen LogP) is 2.62. The molecular formula is C17H17F3N2O3S. The first-order valence-electron chi connectivity index (χ1n) is 7.95. The van der Waals surface area contributed by atoms with Gasteiger partial charge in [-0.1, -0.05) is 0 Å². The summed E-state index contributed by atoms with van der Waals surface area (Å²) in [6, 6.07) is 8.89. The third-order valence-corrected chi connectivity index (χ3v) is 5.16. The number of halogens is 3. The lowest BCUT2D eigenvalue weighted by atomic mass is 10.1. The Morgan fingerprint density at radius 1 is 1.23 bits per heavy atom. The predicted molar refractivity (Wildman–Crippen MR) is 91.1 cm³/mol. The summed E-state index contributed by atoms with van der Waals surface area (Å²) < 4.78 is 40.4. The van der Waals surface area contributed by atoms with Gasteiger partial charge in [-0.05, 0) is 42.0 Å².